The Labute approximate surface area is 147 Å². The van der Waals surface area contributed by atoms with Gasteiger partial charge in [-0.05, 0) is 42.0 Å². The van der Waals surface area contributed by atoms with Crippen LogP contribution in [0.4, 0.5) is 0 Å². The summed E-state index contributed by atoms with van der Waals surface area (Å²) in [7, 11) is 1.59. The van der Waals surface area contributed by atoms with Crippen molar-refractivity contribution in [2.45, 2.75) is 6.54 Å². The number of benzene rings is 2. The van der Waals surface area contributed by atoms with Crippen LogP contribution in [0.3, 0.4) is 0 Å². The molecule has 0 atom stereocenters. The molecule has 7 heteroatoms. The van der Waals surface area contributed by atoms with Crippen molar-refractivity contribution in [3.8, 4) is 5.75 Å². The first-order valence-corrected chi connectivity index (χ1v) is 7.95. The van der Waals surface area contributed by atoms with Crippen LogP contribution < -0.4 is 10.3 Å². The number of carbonyl (C=O) groups is 1. The minimum Gasteiger partial charge on any atom is -0.497 e. The molecule has 2 heterocycles. The summed E-state index contributed by atoms with van der Waals surface area (Å²) in [4.78, 5) is 24.3. The van der Waals surface area contributed by atoms with Crippen LogP contribution in [-0.2, 0) is 6.54 Å². The smallest absolute Gasteiger partial charge is 0.335 e. The number of hydrogen-bond donors (Lipinski definition) is 1. The fraction of sp³-hybridized carbons (Fsp3) is 0.105. The number of carboxylic acids is 1. The van der Waals surface area contributed by atoms with Gasteiger partial charge in [0.1, 0.15) is 11.3 Å². The Morgan fingerprint density at radius 1 is 1.08 bits per heavy atom. The number of methoxy groups -OCH3 is 1. The van der Waals surface area contributed by atoms with E-state index in [-0.39, 0.29) is 11.1 Å². The topological polar surface area (TPSA) is 85.8 Å². The average molecular weight is 349 g/mol. The minimum absolute atomic E-state index is 0.117. The third kappa shape index (κ3) is 2.50. The van der Waals surface area contributed by atoms with Crippen LogP contribution in [0.15, 0.2) is 59.5 Å². The molecular formula is C19H15N3O4. The molecule has 0 radical (unpaired) electrons. The Balaban J connectivity index is 1.97. The molecule has 7 nitrogen and oxygen atoms in total. The summed E-state index contributed by atoms with van der Waals surface area (Å²) in [5, 5.41) is 13.5. The highest BCUT2D eigenvalue weighted by molar-refractivity contribution is 5.92. The molecule has 4 rings (SSSR count). The first-order chi connectivity index (χ1) is 12.6. The van der Waals surface area contributed by atoms with E-state index < -0.39 is 5.97 Å². The average Bonchev–Trinajstić information content (AvgIpc) is 3.15. The SMILES string of the molecule is COc1ccc(Cn2c(=O)c3ccnn3c3ccc(C(=O)O)cc32)cc1. The van der Waals surface area contributed by atoms with E-state index in [2.05, 4.69) is 5.10 Å². The Bertz CT molecular complexity index is 1190. The predicted molar refractivity (Wildman–Crippen MR) is 96.0 cm³/mol. The second-order valence-electron chi connectivity index (χ2n) is 5.88. The number of ether oxygens (including phenoxy) is 1. The molecule has 0 fully saturated rings. The molecule has 26 heavy (non-hydrogen) atoms. The maximum atomic E-state index is 12.9. The summed E-state index contributed by atoms with van der Waals surface area (Å²) in [5.74, 6) is -0.318. The molecule has 0 spiro atoms. The van der Waals surface area contributed by atoms with E-state index in [1.54, 1.807) is 30.0 Å². The lowest BCUT2D eigenvalue weighted by molar-refractivity contribution is 0.0697. The van der Waals surface area contributed by atoms with Crippen molar-refractivity contribution in [1.82, 2.24) is 14.2 Å². The zero-order chi connectivity index (χ0) is 18.3. The highest BCUT2D eigenvalue weighted by atomic mass is 16.5. The van der Waals surface area contributed by atoms with Crippen molar-refractivity contribution in [1.29, 1.82) is 0 Å². The fourth-order valence-corrected chi connectivity index (χ4v) is 3.03. The monoisotopic (exact) mass is 349 g/mol. The lowest BCUT2D eigenvalue weighted by Gasteiger charge is -2.13. The number of rotatable bonds is 4. The second-order valence-corrected chi connectivity index (χ2v) is 5.88. The van der Waals surface area contributed by atoms with Gasteiger partial charge in [-0.2, -0.15) is 5.10 Å². The normalized spacial score (nSPS) is 11.1. The van der Waals surface area contributed by atoms with Crippen molar-refractivity contribution in [3.63, 3.8) is 0 Å². The molecule has 0 saturated carbocycles. The van der Waals surface area contributed by atoms with E-state index in [1.807, 2.05) is 24.3 Å². The van der Waals surface area contributed by atoms with E-state index >= 15 is 0 Å². The minimum atomic E-state index is -1.05. The molecule has 0 aliphatic carbocycles. The van der Waals surface area contributed by atoms with Crippen molar-refractivity contribution in [2.75, 3.05) is 7.11 Å². The standard InChI is InChI=1S/C19H15N3O4/c1-26-14-5-2-12(3-6-14)11-21-17-10-13(19(24)25)4-7-15(17)22-16(18(21)23)8-9-20-22/h2-10H,11H2,1H3,(H,24,25). The van der Waals surface area contributed by atoms with Gasteiger partial charge >= 0.3 is 5.97 Å². The number of aromatic carboxylic acids is 1. The van der Waals surface area contributed by atoms with Gasteiger partial charge in [0.25, 0.3) is 5.56 Å². The Hall–Kier alpha value is -3.61. The molecule has 0 saturated heterocycles. The van der Waals surface area contributed by atoms with E-state index in [0.29, 0.717) is 23.1 Å². The van der Waals surface area contributed by atoms with Crippen molar-refractivity contribution in [3.05, 3.63) is 76.2 Å². The van der Waals surface area contributed by atoms with E-state index in [1.165, 1.54) is 16.6 Å². The molecule has 4 aromatic rings. The summed E-state index contributed by atoms with van der Waals surface area (Å²) in [5.41, 5.74) is 2.41. The molecule has 2 aromatic carbocycles. The van der Waals surface area contributed by atoms with Crippen LogP contribution in [0.5, 0.6) is 5.75 Å². The highest BCUT2D eigenvalue weighted by Crippen LogP contribution is 2.19. The van der Waals surface area contributed by atoms with Crippen LogP contribution in [0, 0.1) is 0 Å². The Morgan fingerprint density at radius 2 is 1.85 bits per heavy atom. The van der Waals surface area contributed by atoms with Crippen molar-refractivity contribution >= 4 is 22.5 Å². The van der Waals surface area contributed by atoms with Crippen LogP contribution in [0.2, 0.25) is 0 Å². The number of hydrogen-bond acceptors (Lipinski definition) is 4. The maximum absolute atomic E-state index is 12.9. The third-order valence-corrected chi connectivity index (χ3v) is 4.35. The fourth-order valence-electron chi connectivity index (χ4n) is 3.03. The third-order valence-electron chi connectivity index (χ3n) is 4.35. The lowest BCUT2D eigenvalue weighted by Crippen LogP contribution is -2.24. The molecule has 0 aliphatic rings. The van der Waals surface area contributed by atoms with Gasteiger partial charge in [-0.25, -0.2) is 9.31 Å². The number of nitrogens with zero attached hydrogens (tertiary/aromatic N) is 3. The molecule has 0 aliphatic heterocycles. The van der Waals surface area contributed by atoms with Crippen molar-refractivity contribution in [2.24, 2.45) is 0 Å². The Kier molecular flexibility index (Phi) is 3.69. The van der Waals surface area contributed by atoms with Crippen LogP contribution in [0.1, 0.15) is 15.9 Å². The predicted octanol–water partition coefficient (Wildman–Crippen LogP) is 2.40. The second kappa shape index (κ2) is 6.03. The van der Waals surface area contributed by atoms with Gasteiger partial charge in [0.05, 0.1) is 36.4 Å². The largest absolute Gasteiger partial charge is 0.497 e. The quantitative estimate of drug-likeness (QED) is 0.611. The van der Waals surface area contributed by atoms with Gasteiger partial charge < -0.3 is 14.4 Å². The van der Waals surface area contributed by atoms with Gasteiger partial charge in [-0.1, -0.05) is 12.1 Å². The zero-order valence-corrected chi connectivity index (χ0v) is 13.9. The van der Waals surface area contributed by atoms with Gasteiger partial charge in [0.2, 0.25) is 0 Å². The first kappa shape index (κ1) is 15.9. The molecule has 2 aromatic heterocycles. The highest BCUT2D eigenvalue weighted by Gasteiger charge is 2.14. The first-order valence-electron chi connectivity index (χ1n) is 7.95. The Morgan fingerprint density at radius 3 is 2.54 bits per heavy atom. The van der Waals surface area contributed by atoms with E-state index in [9.17, 15) is 14.7 Å². The van der Waals surface area contributed by atoms with Crippen LogP contribution in [0.25, 0.3) is 16.6 Å². The van der Waals surface area contributed by atoms with Gasteiger partial charge in [-0.15, -0.1) is 0 Å². The molecule has 130 valence electrons. The molecule has 0 bridgehead atoms. The molecule has 0 unspecified atom stereocenters. The lowest BCUT2D eigenvalue weighted by atomic mass is 10.1. The number of fused-ring (bicyclic) bond motifs is 3. The van der Waals surface area contributed by atoms with Gasteiger partial charge in [0.15, 0.2) is 0 Å². The van der Waals surface area contributed by atoms with Gasteiger partial charge in [0, 0.05) is 0 Å². The summed E-state index contributed by atoms with van der Waals surface area (Å²) in [6.45, 7) is 0.310. The van der Waals surface area contributed by atoms with E-state index in [0.717, 1.165) is 11.3 Å². The zero-order valence-electron chi connectivity index (χ0n) is 13.9. The molecule has 0 amide bonds. The summed E-state index contributed by atoms with van der Waals surface area (Å²) in [6.07, 6.45) is 1.55. The number of aromatic nitrogens is 3. The van der Waals surface area contributed by atoms with E-state index in [4.69, 9.17) is 4.74 Å². The van der Waals surface area contributed by atoms with Gasteiger partial charge in [-0.3, -0.25) is 4.79 Å². The summed E-state index contributed by atoms with van der Waals surface area (Å²) >= 11 is 0. The van der Waals surface area contributed by atoms with Crippen LogP contribution >= 0.6 is 0 Å². The maximum Gasteiger partial charge on any atom is 0.335 e. The molecular weight excluding hydrogens is 334 g/mol. The summed E-state index contributed by atoms with van der Waals surface area (Å²) < 4.78 is 8.26. The molecule has 1 N–H and O–H groups in total. The van der Waals surface area contributed by atoms with Crippen LogP contribution in [-0.4, -0.2) is 32.4 Å². The summed E-state index contributed by atoms with van der Waals surface area (Å²) in [6, 6.07) is 13.7. The number of carboxylic acid groups (broad SMARTS) is 1. The van der Waals surface area contributed by atoms with Crippen molar-refractivity contribution < 1.29 is 14.6 Å².